The van der Waals surface area contributed by atoms with Crippen molar-refractivity contribution in [3.63, 3.8) is 0 Å². The molecule has 1 amide bonds. The Morgan fingerprint density at radius 1 is 1.53 bits per heavy atom. The Kier molecular flexibility index (Phi) is 4.37. The van der Waals surface area contributed by atoms with Crippen LogP contribution in [0.15, 0.2) is 18.2 Å². The normalized spacial score (nSPS) is 14.2. The van der Waals surface area contributed by atoms with Crippen molar-refractivity contribution in [3.05, 3.63) is 34.6 Å². The molecule has 1 aromatic carbocycles. The van der Waals surface area contributed by atoms with Gasteiger partial charge < -0.3 is 10.6 Å². The number of halogens is 2. The van der Waals surface area contributed by atoms with Crippen LogP contribution in [0, 0.1) is 5.82 Å². The van der Waals surface area contributed by atoms with Crippen molar-refractivity contribution < 1.29 is 9.18 Å². The number of hydrogen-bond acceptors (Lipinski definition) is 2. The Labute approximate surface area is 121 Å². The Balaban J connectivity index is 2.16. The van der Waals surface area contributed by atoms with Gasteiger partial charge in [-0.2, -0.15) is 0 Å². The van der Waals surface area contributed by atoms with E-state index in [1.165, 1.54) is 12.1 Å². The molecular formula is C13H14ClFN2OS. The van der Waals surface area contributed by atoms with E-state index in [2.05, 4.69) is 0 Å². The van der Waals surface area contributed by atoms with Crippen LogP contribution in [-0.4, -0.2) is 28.4 Å². The van der Waals surface area contributed by atoms with Gasteiger partial charge in [-0.1, -0.05) is 23.8 Å². The lowest BCUT2D eigenvalue weighted by atomic mass is 10.2. The highest BCUT2D eigenvalue weighted by Gasteiger charge is 2.33. The van der Waals surface area contributed by atoms with E-state index in [0.29, 0.717) is 23.5 Å². The van der Waals surface area contributed by atoms with Crippen LogP contribution in [0.25, 0.3) is 0 Å². The summed E-state index contributed by atoms with van der Waals surface area (Å²) in [6.07, 6.45) is 2.43. The van der Waals surface area contributed by atoms with Gasteiger partial charge in [0.1, 0.15) is 5.82 Å². The Morgan fingerprint density at radius 2 is 2.21 bits per heavy atom. The molecule has 19 heavy (non-hydrogen) atoms. The second-order valence-corrected chi connectivity index (χ2v) is 5.50. The van der Waals surface area contributed by atoms with E-state index in [-0.39, 0.29) is 17.0 Å². The Hall–Kier alpha value is -1.20. The lowest BCUT2D eigenvalue weighted by Gasteiger charge is -2.22. The van der Waals surface area contributed by atoms with Gasteiger partial charge in [-0.25, -0.2) is 4.39 Å². The second kappa shape index (κ2) is 5.84. The van der Waals surface area contributed by atoms with E-state index >= 15 is 0 Å². The maximum absolute atomic E-state index is 13.0. The molecule has 0 unspecified atom stereocenters. The van der Waals surface area contributed by atoms with E-state index in [9.17, 15) is 9.18 Å². The molecule has 1 aliphatic carbocycles. The van der Waals surface area contributed by atoms with Crippen LogP contribution >= 0.6 is 23.8 Å². The van der Waals surface area contributed by atoms with Gasteiger partial charge in [-0.05, 0) is 31.0 Å². The number of carbonyl (C=O) groups excluding carboxylic acids is 1. The second-order valence-electron chi connectivity index (χ2n) is 4.57. The lowest BCUT2D eigenvalue weighted by molar-refractivity contribution is 0.0748. The summed E-state index contributed by atoms with van der Waals surface area (Å²) in [6, 6.07) is 4.02. The van der Waals surface area contributed by atoms with E-state index < -0.39 is 5.82 Å². The Morgan fingerprint density at radius 3 is 2.74 bits per heavy atom. The van der Waals surface area contributed by atoms with Crippen LogP contribution in [0.4, 0.5) is 4.39 Å². The largest absolute Gasteiger partial charge is 0.393 e. The summed E-state index contributed by atoms with van der Waals surface area (Å²) in [5.74, 6) is -0.647. The summed E-state index contributed by atoms with van der Waals surface area (Å²) in [4.78, 5) is 14.5. The molecule has 1 aliphatic rings. The molecule has 3 nitrogen and oxygen atoms in total. The number of thiocarbonyl (C=S) groups is 1. The van der Waals surface area contributed by atoms with Crippen LogP contribution < -0.4 is 5.73 Å². The summed E-state index contributed by atoms with van der Waals surface area (Å²) < 4.78 is 13.0. The molecule has 0 atom stereocenters. The zero-order valence-electron chi connectivity index (χ0n) is 10.2. The molecule has 0 heterocycles. The predicted molar refractivity (Wildman–Crippen MR) is 76.9 cm³/mol. The minimum absolute atomic E-state index is 0.131. The van der Waals surface area contributed by atoms with Gasteiger partial charge >= 0.3 is 0 Å². The maximum Gasteiger partial charge on any atom is 0.255 e. The molecule has 2 N–H and O–H groups in total. The molecular weight excluding hydrogens is 287 g/mol. The van der Waals surface area contributed by atoms with Gasteiger partial charge in [0.15, 0.2) is 0 Å². The average molecular weight is 301 g/mol. The van der Waals surface area contributed by atoms with Gasteiger partial charge in [0.05, 0.1) is 15.6 Å². The fourth-order valence-corrected chi connectivity index (χ4v) is 2.22. The van der Waals surface area contributed by atoms with Crippen LogP contribution in [0.1, 0.15) is 29.6 Å². The third-order valence-corrected chi connectivity index (χ3v) is 3.53. The van der Waals surface area contributed by atoms with Gasteiger partial charge in [0.25, 0.3) is 5.91 Å². The highest BCUT2D eigenvalue weighted by atomic mass is 35.5. The molecule has 0 radical (unpaired) electrons. The summed E-state index contributed by atoms with van der Waals surface area (Å²) in [6.45, 7) is 0.479. The first-order valence-electron chi connectivity index (χ1n) is 6.03. The minimum Gasteiger partial charge on any atom is -0.393 e. The van der Waals surface area contributed by atoms with Gasteiger partial charge in [0, 0.05) is 19.0 Å². The maximum atomic E-state index is 13.0. The van der Waals surface area contributed by atoms with Crippen molar-refractivity contribution in [3.8, 4) is 0 Å². The predicted octanol–water partition coefficient (Wildman–Crippen LogP) is 2.76. The van der Waals surface area contributed by atoms with Crippen molar-refractivity contribution in [1.82, 2.24) is 4.90 Å². The highest BCUT2D eigenvalue weighted by molar-refractivity contribution is 7.80. The monoisotopic (exact) mass is 300 g/mol. The summed E-state index contributed by atoms with van der Waals surface area (Å²) in [5.41, 5.74) is 5.79. The number of hydrogen-bond donors (Lipinski definition) is 1. The molecule has 0 aromatic heterocycles. The van der Waals surface area contributed by atoms with Crippen LogP contribution in [-0.2, 0) is 0 Å². The zero-order chi connectivity index (χ0) is 14.0. The number of carbonyl (C=O) groups is 1. The van der Waals surface area contributed by atoms with Crippen LogP contribution in [0.5, 0.6) is 0 Å². The SMILES string of the molecule is NC(=S)CCN(C(=O)c1ccc(F)cc1Cl)C1CC1. The van der Waals surface area contributed by atoms with Gasteiger partial charge in [0.2, 0.25) is 0 Å². The van der Waals surface area contributed by atoms with Crippen LogP contribution in [0.3, 0.4) is 0 Å². The molecule has 6 heteroatoms. The number of benzene rings is 1. The highest BCUT2D eigenvalue weighted by Crippen LogP contribution is 2.30. The van der Waals surface area contributed by atoms with E-state index in [4.69, 9.17) is 29.6 Å². The van der Waals surface area contributed by atoms with Crippen molar-refractivity contribution in [2.45, 2.75) is 25.3 Å². The Bertz CT molecular complexity index is 519. The summed E-state index contributed by atoms with van der Waals surface area (Å²) in [7, 11) is 0. The number of rotatable bonds is 5. The van der Waals surface area contributed by atoms with E-state index in [1.54, 1.807) is 4.90 Å². The molecule has 1 saturated carbocycles. The third-order valence-electron chi connectivity index (χ3n) is 3.01. The molecule has 0 bridgehead atoms. The summed E-state index contributed by atoms with van der Waals surface area (Å²) >= 11 is 10.7. The van der Waals surface area contributed by atoms with Crippen molar-refractivity contribution in [2.24, 2.45) is 5.73 Å². The minimum atomic E-state index is -0.456. The molecule has 1 fully saturated rings. The third kappa shape index (κ3) is 3.64. The molecule has 1 aromatic rings. The first-order valence-corrected chi connectivity index (χ1v) is 6.82. The molecule has 2 rings (SSSR count). The topological polar surface area (TPSA) is 46.3 Å². The van der Waals surface area contributed by atoms with Crippen molar-refractivity contribution >= 4 is 34.7 Å². The molecule has 0 spiro atoms. The zero-order valence-corrected chi connectivity index (χ0v) is 11.8. The first kappa shape index (κ1) is 14.2. The standard InChI is InChI=1S/C13H14ClFN2OS/c14-11-7-8(15)1-4-10(11)13(18)17(9-2-3-9)6-5-12(16)19/h1,4,7,9H,2-3,5-6H2,(H2,16,19). The van der Waals surface area contributed by atoms with Gasteiger partial charge in [-0.3, -0.25) is 4.79 Å². The quantitative estimate of drug-likeness (QED) is 0.851. The molecule has 0 saturated heterocycles. The van der Waals surface area contributed by atoms with E-state index in [0.717, 1.165) is 18.9 Å². The fraction of sp³-hybridized carbons (Fsp3) is 0.385. The fourth-order valence-electron chi connectivity index (χ4n) is 1.88. The number of amides is 1. The van der Waals surface area contributed by atoms with Gasteiger partial charge in [-0.15, -0.1) is 0 Å². The van der Waals surface area contributed by atoms with E-state index in [1.807, 2.05) is 0 Å². The van der Waals surface area contributed by atoms with Crippen molar-refractivity contribution in [1.29, 1.82) is 0 Å². The first-order chi connectivity index (χ1) is 8.99. The van der Waals surface area contributed by atoms with Crippen molar-refractivity contribution in [2.75, 3.05) is 6.54 Å². The molecule has 102 valence electrons. The smallest absolute Gasteiger partial charge is 0.255 e. The number of nitrogens with two attached hydrogens (primary N) is 1. The lowest BCUT2D eigenvalue weighted by Crippen LogP contribution is -2.35. The molecule has 0 aliphatic heterocycles. The number of nitrogens with zero attached hydrogens (tertiary/aromatic N) is 1. The summed E-state index contributed by atoms with van der Waals surface area (Å²) in [5, 5.41) is 0.131. The van der Waals surface area contributed by atoms with Crippen LogP contribution in [0.2, 0.25) is 5.02 Å². The average Bonchev–Trinajstić information content (AvgIpc) is 3.13.